The molecule has 0 saturated carbocycles. The molecule has 8 nitrogen and oxygen atoms in total. The number of carbonyl (C=O) groups is 3. The highest BCUT2D eigenvalue weighted by Gasteiger charge is 2.21. The van der Waals surface area contributed by atoms with E-state index in [1.54, 1.807) is 90.0 Å². The Labute approximate surface area is 267 Å². The summed E-state index contributed by atoms with van der Waals surface area (Å²) in [4.78, 5) is 40.0. The number of para-hydroxylation sites is 2. The lowest BCUT2D eigenvalue weighted by atomic mass is 10.00. The number of amides is 1. The van der Waals surface area contributed by atoms with Crippen LogP contribution in [0.2, 0.25) is 0 Å². The topological polar surface area (TPSA) is 109 Å². The van der Waals surface area contributed by atoms with Crippen LogP contribution >= 0.6 is 0 Å². The number of hydrogen-bond donors (Lipinski definition) is 2. The van der Waals surface area contributed by atoms with E-state index < -0.39 is 12.0 Å². The first-order chi connectivity index (χ1) is 22.5. The summed E-state index contributed by atoms with van der Waals surface area (Å²) >= 11 is 0. The number of carbonyl (C=O) groups excluding carboxylic acids is 2. The lowest BCUT2D eigenvalue weighted by Crippen LogP contribution is -2.32. The van der Waals surface area contributed by atoms with Crippen molar-refractivity contribution in [3.8, 4) is 5.75 Å². The number of ether oxygens (including phenoxy) is 1. The van der Waals surface area contributed by atoms with Crippen molar-refractivity contribution in [2.75, 3.05) is 23.4 Å². The van der Waals surface area contributed by atoms with E-state index in [2.05, 4.69) is 5.32 Å². The number of nitrogens with zero attached hydrogens (tertiary/aromatic N) is 1. The van der Waals surface area contributed by atoms with Crippen LogP contribution in [0, 0.1) is 0 Å². The van der Waals surface area contributed by atoms with Crippen molar-refractivity contribution in [1.82, 2.24) is 0 Å². The van der Waals surface area contributed by atoms with Gasteiger partial charge in [-0.25, -0.2) is 4.79 Å². The quantitative estimate of drug-likeness (QED) is 0.0733. The highest BCUT2D eigenvalue weighted by molar-refractivity contribution is 6.12. The number of nitrogens with one attached hydrogen (secondary N) is 1. The molecule has 2 N–H and O–H groups in total. The molecule has 0 aliphatic rings. The average molecular weight is 615 g/mol. The van der Waals surface area contributed by atoms with Crippen molar-refractivity contribution >= 4 is 35.1 Å². The molecule has 1 atom stereocenters. The van der Waals surface area contributed by atoms with Gasteiger partial charge in [0.05, 0.1) is 12.9 Å². The van der Waals surface area contributed by atoms with Crippen LogP contribution in [0.25, 0.3) is 6.08 Å². The molecular weight excluding hydrogens is 580 g/mol. The SMILES string of the molecule is O=C(c1ccccc1)c1ccccc1N[C@@H](Cc1ccc(OCCCN(C(=O)/C=C/c2ccco2)c2ccccc2)cc1)C(=O)O. The Bertz CT molecular complexity index is 1750. The largest absolute Gasteiger partial charge is 0.494 e. The summed E-state index contributed by atoms with van der Waals surface area (Å²) in [6.45, 7) is 0.826. The third kappa shape index (κ3) is 8.60. The summed E-state index contributed by atoms with van der Waals surface area (Å²) in [5, 5.41) is 13.0. The first-order valence-corrected chi connectivity index (χ1v) is 15.0. The molecule has 0 radical (unpaired) electrons. The maximum Gasteiger partial charge on any atom is 0.326 e. The zero-order valence-electron chi connectivity index (χ0n) is 25.1. The zero-order chi connectivity index (χ0) is 32.1. The lowest BCUT2D eigenvalue weighted by Gasteiger charge is -2.21. The minimum absolute atomic E-state index is 0.166. The van der Waals surface area contributed by atoms with Gasteiger partial charge in [0.2, 0.25) is 0 Å². The van der Waals surface area contributed by atoms with Crippen molar-refractivity contribution in [1.29, 1.82) is 0 Å². The number of carboxylic acids is 1. The Morgan fingerprint density at radius 3 is 2.22 bits per heavy atom. The monoisotopic (exact) mass is 614 g/mol. The summed E-state index contributed by atoms with van der Waals surface area (Å²) in [6.07, 6.45) is 5.47. The predicted molar refractivity (Wildman–Crippen MR) is 178 cm³/mol. The maximum atomic E-state index is 13.1. The molecule has 8 heteroatoms. The second-order valence-corrected chi connectivity index (χ2v) is 10.5. The van der Waals surface area contributed by atoms with Crippen LogP contribution in [0.15, 0.2) is 138 Å². The number of rotatable bonds is 15. The molecule has 1 amide bonds. The highest BCUT2D eigenvalue weighted by Crippen LogP contribution is 2.22. The van der Waals surface area contributed by atoms with Gasteiger partial charge >= 0.3 is 5.97 Å². The van der Waals surface area contributed by atoms with Crippen molar-refractivity contribution in [2.24, 2.45) is 0 Å². The summed E-state index contributed by atoms with van der Waals surface area (Å²) in [6, 6.07) is 35.1. The van der Waals surface area contributed by atoms with E-state index in [1.165, 1.54) is 6.08 Å². The molecule has 5 aromatic rings. The second kappa shape index (κ2) is 15.7. The summed E-state index contributed by atoms with van der Waals surface area (Å²) in [5.74, 6) is -0.144. The second-order valence-electron chi connectivity index (χ2n) is 10.5. The minimum atomic E-state index is -1.03. The summed E-state index contributed by atoms with van der Waals surface area (Å²) in [5.41, 5.74) is 2.98. The number of anilines is 2. The maximum absolute atomic E-state index is 13.1. The molecular formula is C38H34N2O6. The Morgan fingerprint density at radius 2 is 1.52 bits per heavy atom. The Kier molecular flexibility index (Phi) is 10.8. The van der Waals surface area contributed by atoms with E-state index in [0.717, 1.165) is 11.3 Å². The molecule has 232 valence electrons. The lowest BCUT2D eigenvalue weighted by molar-refractivity contribution is -0.137. The summed E-state index contributed by atoms with van der Waals surface area (Å²) < 4.78 is 11.2. The van der Waals surface area contributed by atoms with Crippen LogP contribution in [0.4, 0.5) is 11.4 Å². The Hall–Kier alpha value is -5.89. The van der Waals surface area contributed by atoms with Gasteiger partial charge < -0.3 is 24.5 Å². The molecule has 0 bridgehead atoms. The van der Waals surface area contributed by atoms with Gasteiger partial charge in [-0.15, -0.1) is 0 Å². The Balaban J connectivity index is 1.16. The minimum Gasteiger partial charge on any atom is -0.494 e. The van der Waals surface area contributed by atoms with Crippen LogP contribution in [-0.2, 0) is 16.0 Å². The van der Waals surface area contributed by atoms with Crippen LogP contribution in [0.1, 0.15) is 33.7 Å². The fraction of sp³-hybridized carbons (Fsp3) is 0.132. The zero-order valence-corrected chi connectivity index (χ0v) is 25.1. The number of ketones is 1. The normalized spacial score (nSPS) is 11.6. The highest BCUT2D eigenvalue weighted by atomic mass is 16.5. The Morgan fingerprint density at radius 1 is 0.826 bits per heavy atom. The standard InChI is InChI=1S/C38H34N2O6/c41-36(23-22-31-15-9-25-45-31)40(30-13-5-2-6-14-30)24-10-26-46-32-20-18-28(19-21-32)27-35(38(43)44)39-34-17-8-7-16-33(34)37(42)29-11-3-1-4-12-29/h1-9,11-23,25,35,39H,10,24,26-27H2,(H,43,44)/b23-22+/t35-/m0/s1. The van der Waals surface area contributed by atoms with Crippen molar-refractivity contribution in [2.45, 2.75) is 18.9 Å². The van der Waals surface area contributed by atoms with E-state index in [-0.39, 0.29) is 18.1 Å². The van der Waals surface area contributed by atoms with Gasteiger partial charge in [0.25, 0.3) is 5.91 Å². The van der Waals surface area contributed by atoms with Gasteiger partial charge in [-0.1, -0.05) is 72.8 Å². The molecule has 5 rings (SSSR count). The van der Waals surface area contributed by atoms with Gasteiger partial charge in [0, 0.05) is 41.5 Å². The molecule has 0 spiro atoms. The fourth-order valence-corrected chi connectivity index (χ4v) is 4.91. The number of hydrogen-bond acceptors (Lipinski definition) is 6. The predicted octanol–water partition coefficient (Wildman–Crippen LogP) is 7.13. The van der Waals surface area contributed by atoms with E-state index in [0.29, 0.717) is 47.9 Å². The first kappa shape index (κ1) is 31.5. The molecule has 0 fully saturated rings. The van der Waals surface area contributed by atoms with Gasteiger partial charge in [-0.2, -0.15) is 0 Å². The van der Waals surface area contributed by atoms with Crippen LogP contribution < -0.4 is 15.0 Å². The molecule has 0 unspecified atom stereocenters. The number of carboxylic acid groups (broad SMARTS) is 1. The number of benzene rings is 4. The van der Waals surface area contributed by atoms with Gasteiger partial charge in [-0.3, -0.25) is 9.59 Å². The summed E-state index contributed by atoms with van der Waals surface area (Å²) in [7, 11) is 0. The van der Waals surface area contributed by atoms with Gasteiger partial charge in [-0.05, 0) is 66.6 Å². The third-order valence-corrected chi connectivity index (χ3v) is 7.26. The van der Waals surface area contributed by atoms with E-state index >= 15 is 0 Å². The van der Waals surface area contributed by atoms with Gasteiger partial charge in [0.15, 0.2) is 5.78 Å². The smallest absolute Gasteiger partial charge is 0.326 e. The van der Waals surface area contributed by atoms with Gasteiger partial charge in [0.1, 0.15) is 17.6 Å². The van der Waals surface area contributed by atoms with E-state index in [1.807, 2.05) is 48.5 Å². The third-order valence-electron chi connectivity index (χ3n) is 7.26. The van der Waals surface area contributed by atoms with E-state index in [4.69, 9.17) is 9.15 Å². The van der Waals surface area contributed by atoms with Crippen LogP contribution in [0.5, 0.6) is 5.75 Å². The van der Waals surface area contributed by atoms with Crippen molar-refractivity contribution < 1.29 is 28.6 Å². The molecule has 4 aromatic carbocycles. The molecule has 1 heterocycles. The number of aliphatic carboxylic acids is 1. The van der Waals surface area contributed by atoms with Crippen LogP contribution in [0.3, 0.4) is 0 Å². The van der Waals surface area contributed by atoms with Crippen LogP contribution in [-0.4, -0.2) is 42.0 Å². The molecule has 0 saturated heterocycles. The number of furan rings is 1. The molecule has 0 aliphatic carbocycles. The van der Waals surface area contributed by atoms with Crippen molar-refractivity contribution in [3.05, 3.63) is 156 Å². The molecule has 46 heavy (non-hydrogen) atoms. The van der Waals surface area contributed by atoms with Crippen molar-refractivity contribution in [3.63, 3.8) is 0 Å². The fourth-order valence-electron chi connectivity index (χ4n) is 4.91. The first-order valence-electron chi connectivity index (χ1n) is 15.0. The molecule has 0 aliphatic heterocycles. The van der Waals surface area contributed by atoms with E-state index in [9.17, 15) is 19.5 Å². The average Bonchev–Trinajstić information content (AvgIpc) is 3.62. The molecule has 1 aromatic heterocycles.